The van der Waals surface area contributed by atoms with Crippen molar-refractivity contribution in [2.24, 2.45) is 21.1 Å². The molecule has 0 atom stereocenters. The second kappa shape index (κ2) is 6.43. The van der Waals surface area contributed by atoms with Crippen molar-refractivity contribution in [3.8, 4) is 11.1 Å². The SMILES string of the molecule is CC1(C)C/C(=N/O)c2c(nc3c(c2-c2ccccc2)/C(=N/O)CC(C)(C)C3)C1. The summed E-state index contributed by atoms with van der Waals surface area (Å²) in [6.07, 6.45) is 2.99. The normalized spacial score (nSPS) is 22.7. The van der Waals surface area contributed by atoms with Crippen LogP contribution in [-0.2, 0) is 12.8 Å². The Balaban J connectivity index is 2.11. The molecule has 1 aromatic heterocycles. The van der Waals surface area contributed by atoms with Gasteiger partial charge in [-0.3, -0.25) is 4.98 Å². The molecule has 0 spiro atoms. The fourth-order valence-corrected chi connectivity index (χ4v) is 4.74. The standard InChI is InChI=1S/C23H27N3O2/c1-22(2)10-15-20(17(12-22)25-27)19(14-8-6-5-7-9-14)21-16(24-15)11-23(3,4)13-18(21)26-28/h5-9,27-28H,10-13H2,1-4H3/b25-17-,26-18+. The molecule has 2 aliphatic rings. The molecule has 2 N–H and O–H groups in total. The van der Waals surface area contributed by atoms with E-state index in [2.05, 4.69) is 50.1 Å². The zero-order valence-electron chi connectivity index (χ0n) is 17.0. The van der Waals surface area contributed by atoms with E-state index >= 15 is 0 Å². The van der Waals surface area contributed by atoms with Gasteiger partial charge in [-0.15, -0.1) is 0 Å². The first-order valence-corrected chi connectivity index (χ1v) is 9.78. The number of oxime groups is 2. The van der Waals surface area contributed by atoms with E-state index in [9.17, 15) is 10.4 Å². The molecule has 0 bridgehead atoms. The quantitative estimate of drug-likeness (QED) is 0.539. The van der Waals surface area contributed by atoms with Gasteiger partial charge in [0, 0.05) is 16.7 Å². The molecule has 2 aromatic rings. The van der Waals surface area contributed by atoms with Gasteiger partial charge >= 0.3 is 0 Å². The zero-order valence-corrected chi connectivity index (χ0v) is 17.0. The van der Waals surface area contributed by atoms with Crippen LogP contribution in [0, 0.1) is 10.8 Å². The minimum Gasteiger partial charge on any atom is -0.411 e. The molecule has 0 saturated heterocycles. The lowest BCUT2D eigenvalue weighted by molar-refractivity contribution is 0.303. The van der Waals surface area contributed by atoms with Crippen molar-refractivity contribution in [3.63, 3.8) is 0 Å². The van der Waals surface area contributed by atoms with E-state index in [0.29, 0.717) is 24.3 Å². The van der Waals surface area contributed by atoms with Gasteiger partial charge < -0.3 is 10.4 Å². The topological polar surface area (TPSA) is 78.1 Å². The Kier molecular flexibility index (Phi) is 4.29. The molecule has 146 valence electrons. The number of aromatic nitrogens is 1. The predicted molar refractivity (Wildman–Crippen MR) is 111 cm³/mol. The van der Waals surface area contributed by atoms with E-state index in [-0.39, 0.29) is 10.8 Å². The summed E-state index contributed by atoms with van der Waals surface area (Å²) in [6, 6.07) is 10.1. The van der Waals surface area contributed by atoms with Crippen molar-refractivity contribution in [1.82, 2.24) is 4.98 Å². The van der Waals surface area contributed by atoms with E-state index < -0.39 is 0 Å². The third-order valence-electron chi connectivity index (χ3n) is 5.81. The van der Waals surface area contributed by atoms with Crippen LogP contribution in [0.1, 0.15) is 63.1 Å². The van der Waals surface area contributed by atoms with Crippen molar-refractivity contribution in [2.45, 2.75) is 53.4 Å². The second-order valence-corrected chi connectivity index (χ2v) is 9.63. The maximum absolute atomic E-state index is 9.83. The van der Waals surface area contributed by atoms with Crippen molar-refractivity contribution < 1.29 is 10.4 Å². The minimum atomic E-state index is -0.0260. The first-order chi connectivity index (χ1) is 13.2. The number of benzene rings is 1. The summed E-state index contributed by atoms with van der Waals surface area (Å²) in [7, 11) is 0. The first-order valence-electron chi connectivity index (χ1n) is 9.78. The summed E-state index contributed by atoms with van der Waals surface area (Å²) in [5.74, 6) is 0. The Labute approximate surface area is 165 Å². The van der Waals surface area contributed by atoms with E-state index in [0.717, 1.165) is 46.5 Å². The van der Waals surface area contributed by atoms with Crippen molar-refractivity contribution in [2.75, 3.05) is 0 Å². The third-order valence-corrected chi connectivity index (χ3v) is 5.81. The van der Waals surface area contributed by atoms with E-state index in [1.807, 2.05) is 18.2 Å². The van der Waals surface area contributed by atoms with Crippen molar-refractivity contribution in [3.05, 3.63) is 52.8 Å². The van der Waals surface area contributed by atoms with Gasteiger partial charge in [-0.2, -0.15) is 0 Å². The van der Waals surface area contributed by atoms with E-state index in [1.165, 1.54) is 0 Å². The van der Waals surface area contributed by atoms with Gasteiger partial charge in [0.15, 0.2) is 0 Å². The molecule has 5 heteroatoms. The summed E-state index contributed by atoms with van der Waals surface area (Å²) >= 11 is 0. The van der Waals surface area contributed by atoms with Crippen LogP contribution >= 0.6 is 0 Å². The molecular weight excluding hydrogens is 350 g/mol. The van der Waals surface area contributed by atoms with Gasteiger partial charge in [0.05, 0.1) is 22.8 Å². The van der Waals surface area contributed by atoms with Crippen LogP contribution < -0.4 is 0 Å². The molecule has 0 saturated carbocycles. The molecule has 0 aliphatic heterocycles. The van der Waals surface area contributed by atoms with Crippen LogP contribution in [0.2, 0.25) is 0 Å². The van der Waals surface area contributed by atoms with Gasteiger partial charge in [-0.05, 0) is 42.1 Å². The Morgan fingerprint density at radius 3 is 1.61 bits per heavy atom. The Morgan fingerprint density at radius 2 is 1.18 bits per heavy atom. The van der Waals surface area contributed by atoms with E-state index in [4.69, 9.17) is 4.98 Å². The number of nitrogens with zero attached hydrogens (tertiary/aromatic N) is 3. The minimum absolute atomic E-state index is 0.0260. The Hall–Kier alpha value is -2.69. The highest BCUT2D eigenvalue weighted by molar-refractivity contribution is 6.15. The van der Waals surface area contributed by atoms with Crippen LogP contribution in [-0.4, -0.2) is 26.8 Å². The highest BCUT2D eigenvalue weighted by atomic mass is 16.4. The van der Waals surface area contributed by atoms with Gasteiger partial charge in [0.1, 0.15) is 0 Å². The highest BCUT2D eigenvalue weighted by Gasteiger charge is 2.39. The summed E-state index contributed by atoms with van der Waals surface area (Å²) in [5.41, 5.74) is 6.99. The van der Waals surface area contributed by atoms with Crippen LogP contribution in [0.15, 0.2) is 40.6 Å². The van der Waals surface area contributed by atoms with Gasteiger partial charge in [-0.25, -0.2) is 0 Å². The maximum Gasteiger partial charge on any atom is 0.0898 e. The number of hydrogen-bond acceptors (Lipinski definition) is 5. The molecule has 0 radical (unpaired) electrons. The monoisotopic (exact) mass is 377 g/mol. The lowest BCUT2D eigenvalue weighted by Gasteiger charge is -2.37. The summed E-state index contributed by atoms with van der Waals surface area (Å²) in [6.45, 7) is 8.70. The Morgan fingerprint density at radius 1 is 0.714 bits per heavy atom. The van der Waals surface area contributed by atoms with Crippen LogP contribution in [0.5, 0.6) is 0 Å². The summed E-state index contributed by atoms with van der Waals surface area (Å²) in [4.78, 5) is 5.04. The van der Waals surface area contributed by atoms with Crippen LogP contribution in [0.25, 0.3) is 11.1 Å². The van der Waals surface area contributed by atoms with Crippen molar-refractivity contribution >= 4 is 11.4 Å². The number of pyridine rings is 1. The third kappa shape index (κ3) is 3.09. The first kappa shape index (κ1) is 18.7. The summed E-state index contributed by atoms with van der Waals surface area (Å²) < 4.78 is 0. The fraction of sp³-hybridized carbons (Fsp3) is 0.435. The molecule has 0 amide bonds. The number of rotatable bonds is 1. The number of hydrogen-bond donors (Lipinski definition) is 2. The smallest absolute Gasteiger partial charge is 0.0898 e. The van der Waals surface area contributed by atoms with E-state index in [1.54, 1.807) is 0 Å². The zero-order chi connectivity index (χ0) is 20.1. The Bertz CT molecular complexity index is 930. The predicted octanol–water partition coefficient (Wildman–Crippen LogP) is 5.05. The van der Waals surface area contributed by atoms with Crippen molar-refractivity contribution in [1.29, 1.82) is 0 Å². The molecule has 5 nitrogen and oxygen atoms in total. The molecule has 0 unspecified atom stereocenters. The number of fused-ring (bicyclic) bond motifs is 2. The van der Waals surface area contributed by atoms with Crippen LogP contribution in [0.4, 0.5) is 0 Å². The fourth-order valence-electron chi connectivity index (χ4n) is 4.74. The lowest BCUT2D eigenvalue weighted by Crippen LogP contribution is -2.34. The van der Waals surface area contributed by atoms with Gasteiger partial charge in [0.25, 0.3) is 0 Å². The van der Waals surface area contributed by atoms with Gasteiger partial charge in [0.2, 0.25) is 0 Å². The molecule has 0 fully saturated rings. The molecular formula is C23H27N3O2. The average molecular weight is 377 g/mol. The maximum atomic E-state index is 9.83. The van der Waals surface area contributed by atoms with Gasteiger partial charge in [-0.1, -0.05) is 68.3 Å². The second-order valence-electron chi connectivity index (χ2n) is 9.63. The molecule has 1 aromatic carbocycles. The highest BCUT2D eigenvalue weighted by Crippen LogP contribution is 2.45. The average Bonchev–Trinajstić information content (AvgIpc) is 2.64. The molecule has 4 rings (SSSR count). The lowest BCUT2D eigenvalue weighted by atomic mass is 9.69. The summed E-state index contributed by atoms with van der Waals surface area (Å²) in [5, 5.41) is 27.0. The van der Waals surface area contributed by atoms with Crippen LogP contribution in [0.3, 0.4) is 0 Å². The molecule has 1 heterocycles. The molecule has 28 heavy (non-hydrogen) atoms. The largest absolute Gasteiger partial charge is 0.411 e. The molecule has 2 aliphatic carbocycles.